The summed E-state index contributed by atoms with van der Waals surface area (Å²) in [5.74, 6) is -1.55. The molecule has 7 heteroatoms. The molecule has 0 aliphatic rings. The summed E-state index contributed by atoms with van der Waals surface area (Å²) in [7, 11) is 3.96. The molecule has 0 radical (unpaired) electrons. The third-order valence-corrected chi connectivity index (χ3v) is 4.74. The molecule has 0 spiro atoms. The molecule has 0 saturated carbocycles. The maximum absolute atomic E-state index is 13.0. The van der Waals surface area contributed by atoms with Crippen LogP contribution in [0, 0.1) is 0 Å². The Hall–Kier alpha value is -3.45. The van der Waals surface area contributed by atoms with E-state index in [1.54, 1.807) is 17.5 Å². The topological polar surface area (TPSA) is 77.3 Å². The molecule has 2 aromatic heterocycles. The molecular formula is C24H26N2O5. The van der Waals surface area contributed by atoms with Gasteiger partial charge in [0.25, 0.3) is 0 Å². The molecule has 7 nitrogen and oxygen atoms in total. The van der Waals surface area contributed by atoms with Crippen molar-refractivity contribution in [2.24, 2.45) is 0 Å². The zero-order valence-electron chi connectivity index (χ0n) is 18.0. The Balaban J connectivity index is 1.90. The highest BCUT2D eigenvalue weighted by molar-refractivity contribution is 6.38. The molecule has 0 amide bonds. The largest absolute Gasteiger partial charge is 0.492 e. The van der Waals surface area contributed by atoms with Crippen LogP contribution in [-0.2, 0) is 14.3 Å². The predicted molar refractivity (Wildman–Crippen MR) is 117 cm³/mol. The highest BCUT2D eigenvalue weighted by Crippen LogP contribution is 2.30. The van der Waals surface area contributed by atoms with Gasteiger partial charge >= 0.3 is 5.97 Å². The van der Waals surface area contributed by atoms with E-state index in [-0.39, 0.29) is 6.61 Å². The summed E-state index contributed by atoms with van der Waals surface area (Å²) in [5, 5.41) is 0. The lowest BCUT2D eigenvalue weighted by molar-refractivity contribution is -0.153. The number of Topliss-reactive ketones (excluding diaryl/α,β-unsaturated/α-hetero) is 2. The van der Waals surface area contributed by atoms with Crippen molar-refractivity contribution >= 4 is 23.1 Å². The van der Waals surface area contributed by atoms with E-state index >= 15 is 0 Å². The number of esters is 1. The van der Waals surface area contributed by atoms with Crippen LogP contribution in [0.5, 0.6) is 5.75 Å². The third kappa shape index (κ3) is 5.38. The van der Waals surface area contributed by atoms with E-state index in [1.165, 1.54) is 0 Å². The van der Waals surface area contributed by atoms with Crippen molar-refractivity contribution in [3.05, 3.63) is 60.4 Å². The van der Waals surface area contributed by atoms with Gasteiger partial charge in [-0.25, -0.2) is 4.79 Å². The highest BCUT2D eigenvalue weighted by Gasteiger charge is 2.25. The van der Waals surface area contributed by atoms with E-state index in [1.807, 2.05) is 67.5 Å². The molecule has 3 aromatic rings. The minimum absolute atomic E-state index is 0.0844. The number of hydrogen-bond acceptors (Lipinski definition) is 6. The van der Waals surface area contributed by atoms with Crippen LogP contribution in [0.25, 0.3) is 16.6 Å². The lowest BCUT2D eigenvalue weighted by atomic mass is 10.0. The number of aromatic nitrogens is 1. The lowest BCUT2D eigenvalue weighted by Crippen LogP contribution is -2.21. The zero-order chi connectivity index (χ0) is 22.4. The van der Waals surface area contributed by atoms with Crippen LogP contribution in [0.1, 0.15) is 23.8 Å². The first-order valence-corrected chi connectivity index (χ1v) is 10.1. The number of rotatable bonds is 10. The van der Waals surface area contributed by atoms with Crippen LogP contribution in [-0.4, -0.2) is 60.7 Å². The number of carbonyl (C=O) groups excluding carboxylic acids is 3. The fraction of sp³-hybridized carbons (Fsp3) is 0.292. The number of fused-ring (bicyclic) bond motifs is 1. The van der Waals surface area contributed by atoms with E-state index in [2.05, 4.69) is 0 Å². The van der Waals surface area contributed by atoms with Crippen molar-refractivity contribution in [3.8, 4) is 16.9 Å². The van der Waals surface area contributed by atoms with Gasteiger partial charge in [0, 0.05) is 23.8 Å². The second-order valence-electron chi connectivity index (χ2n) is 7.32. The predicted octanol–water partition coefficient (Wildman–Crippen LogP) is 3.25. The molecule has 0 N–H and O–H groups in total. The third-order valence-electron chi connectivity index (χ3n) is 4.74. The second kappa shape index (κ2) is 10.0. The number of carbonyl (C=O) groups is 3. The minimum Gasteiger partial charge on any atom is -0.492 e. The number of nitrogens with zero attached hydrogens (tertiary/aromatic N) is 2. The fourth-order valence-corrected chi connectivity index (χ4v) is 3.22. The van der Waals surface area contributed by atoms with Crippen molar-refractivity contribution in [2.45, 2.75) is 13.3 Å². The molecule has 1 aromatic carbocycles. The Morgan fingerprint density at radius 3 is 2.45 bits per heavy atom. The standard InChI is InChI=1S/C24H26N2O5/c1-4-30-24(29)22(28)16-21(27)23-20(15-18-7-5-6-12-26(18)23)17-8-10-19(11-9-17)31-14-13-25(2)3/h5-12,15H,4,13-14,16H2,1-3H3. The maximum Gasteiger partial charge on any atom is 0.375 e. The SMILES string of the molecule is CCOC(=O)C(=O)CC(=O)c1c(-c2ccc(OCCN(C)C)cc2)cc2ccccn12. The number of pyridine rings is 1. The summed E-state index contributed by atoms with van der Waals surface area (Å²) in [6.45, 7) is 3.07. The highest BCUT2D eigenvalue weighted by atomic mass is 16.5. The average Bonchev–Trinajstić information content (AvgIpc) is 3.14. The molecule has 0 aliphatic carbocycles. The van der Waals surface area contributed by atoms with Gasteiger partial charge in [0.1, 0.15) is 12.4 Å². The van der Waals surface area contributed by atoms with Crippen LogP contribution in [0.2, 0.25) is 0 Å². The molecule has 2 heterocycles. The molecule has 0 fully saturated rings. The first-order chi connectivity index (χ1) is 14.9. The Kier molecular flexibility index (Phi) is 7.20. The molecule has 0 atom stereocenters. The van der Waals surface area contributed by atoms with Crippen LogP contribution in [0.3, 0.4) is 0 Å². The number of hydrogen-bond donors (Lipinski definition) is 0. The van der Waals surface area contributed by atoms with Gasteiger partial charge in [-0.1, -0.05) is 18.2 Å². The molecule has 0 aliphatic heterocycles. The number of ether oxygens (including phenoxy) is 2. The summed E-state index contributed by atoms with van der Waals surface area (Å²) in [6, 6.07) is 14.9. The number of ketones is 2. The number of benzene rings is 1. The van der Waals surface area contributed by atoms with Crippen LogP contribution in [0.4, 0.5) is 0 Å². The van der Waals surface area contributed by atoms with Gasteiger partial charge in [-0.05, 0) is 56.9 Å². The molecule has 0 bridgehead atoms. The Bertz CT molecular complexity index is 1080. The van der Waals surface area contributed by atoms with Crippen LogP contribution < -0.4 is 4.74 Å². The van der Waals surface area contributed by atoms with Gasteiger partial charge in [-0.15, -0.1) is 0 Å². The smallest absolute Gasteiger partial charge is 0.375 e. The quantitative estimate of drug-likeness (QED) is 0.216. The first-order valence-electron chi connectivity index (χ1n) is 10.1. The minimum atomic E-state index is -0.988. The van der Waals surface area contributed by atoms with Crippen LogP contribution in [0.15, 0.2) is 54.7 Å². The zero-order valence-corrected chi connectivity index (χ0v) is 18.0. The van der Waals surface area contributed by atoms with E-state index in [0.29, 0.717) is 17.9 Å². The van der Waals surface area contributed by atoms with Gasteiger partial charge < -0.3 is 18.8 Å². The van der Waals surface area contributed by atoms with Gasteiger partial charge in [0.15, 0.2) is 5.78 Å². The Labute approximate surface area is 181 Å². The molecule has 162 valence electrons. The van der Waals surface area contributed by atoms with E-state index in [9.17, 15) is 14.4 Å². The summed E-state index contributed by atoms with van der Waals surface area (Å²) >= 11 is 0. The Morgan fingerprint density at radius 2 is 1.77 bits per heavy atom. The maximum atomic E-state index is 13.0. The first kappa shape index (κ1) is 22.2. The van der Waals surface area contributed by atoms with Crippen LogP contribution >= 0.6 is 0 Å². The van der Waals surface area contributed by atoms with Crippen molar-refractivity contribution < 1.29 is 23.9 Å². The summed E-state index contributed by atoms with van der Waals surface area (Å²) in [5.41, 5.74) is 2.67. The second-order valence-corrected chi connectivity index (χ2v) is 7.32. The normalized spacial score (nSPS) is 11.0. The number of likely N-dealkylation sites (N-methyl/N-ethyl adjacent to an activating group) is 1. The van der Waals surface area contributed by atoms with E-state index < -0.39 is 24.0 Å². The summed E-state index contributed by atoms with van der Waals surface area (Å²) in [6.07, 6.45) is 1.22. The van der Waals surface area contributed by atoms with Gasteiger partial charge in [0.05, 0.1) is 18.7 Å². The molecule has 0 saturated heterocycles. The summed E-state index contributed by atoms with van der Waals surface area (Å²) < 4.78 is 12.2. The lowest BCUT2D eigenvalue weighted by Gasteiger charge is -2.11. The molecule has 31 heavy (non-hydrogen) atoms. The van der Waals surface area contributed by atoms with Crippen molar-refractivity contribution in [1.82, 2.24) is 9.30 Å². The average molecular weight is 422 g/mol. The van der Waals surface area contributed by atoms with Gasteiger partial charge in [-0.2, -0.15) is 0 Å². The molecule has 0 unspecified atom stereocenters. The van der Waals surface area contributed by atoms with Crippen molar-refractivity contribution in [1.29, 1.82) is 0 Å². The monoisotopic (exact) mass is 422 g/mol. The summed E-state index contributed by atoms with van der Waals surface area (Å²) in [4.78, 5) is 38.8. The van der Waals surface area contributed by atoms with Gasteiger partial charge in [-0.3, -0.25) is 9.59 Å². The van der Waals surface area contributed by atoms with E-state index in [4.69, 9.17) is 9.47 Å². The van der Waals surface area contributed by atoms with E-state index in [0.717, 1.165) is 23.4 Å². The van der Waals surface area contributed by atoms with Crippen molar-refractivity contribution in [2.75, 3.05) is 33.9 Å². The fourth-order valence-electron chi connectivity index (χ4n) is 3.22. The molecule has 3 rings (SSSR count). The van der Waals surface area contributed by atoms with Gasteiger partial charge in [0.2, 0.25) is 5.78 Å². The molecular weight excluding hydrogens is 396 g/mol. The van der Waals surface area contributed by atoms with Crippen molar-refractivity contribution in [3.63, 3.8) is 0 Å². The Morgan fingerprint density at radius 1 is 1.03 bits per heavy atom.